The predicted molar refractivity (Wildman–Crippen MR) is 57.2 cm³/mol. The second kappa shape index (κ2) is 4.43. The minimum atomic E-state index is -0.166. The smallest absolute Gasteiger partial charge is 0.150 e. The fourth-order valence-electron chi connectivity index (χ4n) is 0.854. The third-order valence-electron chi connectivity index (χ3n) is 1.57. The Kier molecular flexibility index (Phi) is 4.59. The normalized spacial score (nSPS) is 14.6. The molecule has 0 aliphatic heterocycles. The van der Waals surface area contributed by atoms with E-state index in [1.807, 2.05) is 20.8 Å². The largest absolute Gasteiger partial charge is 0.298 e. The van der Waals surface area contributed by atoms with Crippen molar-refractivity contribution in [2.75, 3.05) is 0 Å². The van der Waals surface area contributed by atoms with Crippen LogP contribution >= 0.6 is 22.6 Å². The molecule has 0 amide bonds. The minimum absolute atomic E-state index is 0.166. The Bertz CT molecular complexity index is 135. The van der Waals surface area contributed by atoms with Crippen molar-refractivity contribution in [2.45, 2.75) is 44.5 Å². The van der Waals surface area contributed by atoms with E-state index in [0.29, 0.717) is 5.78 Å². The molecule has 0 aromatic heterocycles. The molecule has 0 saturated heterocycles. The van der Waals surface area contributed by atoms with Gasteiger partial charge in [0.05, 0.1) is 3.92 Å². The molecule has 0 radical (unpaired) electrons. The van der Waals surface area contributed by atoms with Gasteiger partial charge in [-0.15, -0.1) is 0 Å². The molecule has 2 heteroatoms. The number of carbonyl (C=O) groups excluding carboxylic acids is 1. The van der Waals surface area contributed by atoms with Gasteiger partial charge in [0.15, 0.2) is 5.78 Å². The van der Waals surface area contributed by atoms with Crippen molar-refractivity contribution in [3.05, 3.63) is 0 Å². The summed E-state index contributed by atoms with van der Waals surface area (Å²) in [5, 5.41) is 0. The number of carbonyl (C=O) groups is 1. The summed E-state index contributed by atoms with van der Waals surface area (Å²) < 4.78 is 0.206. The lowest BCUT2D eigenvalue weighted by Crippen LogP contribution is -2.28. The van der Waals surface area contributed by atoms with E-state index in [9.17, 15) is 4.79 Å². The van der Waals surface area contributed by atoms with Crippen LogP contribution in [0.1, 0.15) is 40.5 Å². The quantitative estimate of drug-likeness (QED) is 0.567. The van der Waals surface area contributed by atoms with Crippen molar-refractivity contribution in [1.29, 1.82) is 0 Å². The first-order chi connectivity index (χ1) is 4.89. The van der Waals surface area contributed by atoms with Crippen molar-refractivity contribution in [1.82, 2.24) is 0 Å². The molecule has 0 aliphatic rings. The topological polar surface area (TPSA) is 17.1 Å². The molecule has 0 N–H and O–H groups in total. The van der Waals surface area contributed by atoms with Crippen molar-refractivity contribution < 1.29 is 4.79 Å². The SMILES string of the molecule is CCCC(I)C(=O)C(C)(C)C. The highest BCUT2D eigenvalue weighted by atomic mass is 127. The fraction of sp³-hybridized carbons (Fsp3) is 0.889. The van der Waals surface area contributed by atoms with Crippen molar-refractivity contribution in [2.24, 2.45) is 5.41 Å². The second-order valence-corrected chi connectivity index (χ2v) is 5.37. The molecule has 1 nitrogen and oxygen atoms in total. The zero-order chi connectivity index (χ0) is 9.07. The van der Waals surface area contributed by atoms with Gasteiger partial charge >= 0.3 is 0 Å². The molecule has 0 aromatic rings. The maximum Gasteiger partial charge on any atom is 0.150 e. The van der Waals surface area contributed by atoms with Crippen molar-refractivity contribution in [3.63, 3.8) is 0 Å². The van der Waals surface area contributed by atoms with E-state index in [2.05, 4.69) is 29.5 Å². The molecule has 1 unspecified atom stereocenters. The standard InChI is InChI=1S/C9H17IO/c1-5-6-7(10)8(11)9(2,3)4/h7H,5-6H2,1-4H3. The Morgan fingerprint density at radius 1 is 1.45 bits per heavy atom. The Labute approximate surface area is 83.1 Å². The summed E-state index contributed by atoms with van der Waals surface area (Å²) in [6, 6.07) is 0. The summed E-state index contributed by atoms with van der Waals surface area (Å²) in [7, 11) is 0. The molecule has 0 spiro atoms. The Morgan fingerprint density at radius 3 is 2.18 bits per heavy atom. The number of rotatable bonds is 3. The maximum atomic E-state index is 11.5. The number of hydrogen-bond acceptors (Lipinski definition) is 1. The summed E-state index contributed by atoms with van der Waals surface area (Å²) in [5.74, 6) is 0.375. The number of halogens is 1. The molecule has 1 atom stereocenters. The second-order valence-electron chi connectivity index (χ2n) is 3.87. The van der Waals surface area contributed by atoms with Gasteiger partial charge in [-0.1, -0.05) is 56.7 Å². The molecule has 11 heavy (non-hydrogen) atoms. The van der Waals surface area contributed by atoms with Crippen molar-refractivity contribution >= 4 is 28.4 Å². The highest BCUT2D eigenvalue weighted by Crippen LogP contribution is 2.23. The van der Waals surface area contributed by atoms with Gasteiger partial charge in [0.25, 0.3) is 0 Å². The summed E-state index contributed by atoms with van der Waals surface area (Å²) in [5.41, 5.74) is -0.166. The lowest BCUT2D eigenvalue weighted by molar-refractivity contribution is -0.125. The van der Waals surface area contributed by atoms with Crippen LogP contribution in [-0.4, -0.2) is 9.71 Å². The number of Topliss-reactive ketones (excluding diaryl/α,β-unsaturated/α-hetero) is 1. The van der Waals surface area contributed by atoms with E-state index in [-0.39, 0.29) is 9.34 Å². The minimum Gasteiger partial charge on any atom is -0.298 e. The summed E-state index contributed by atoms with van der Waals surface area (Å²) in [4.78, 5) is 11.5. The highest BCUT2D eigenvalue weighted by Gasteiger charge is 2.26. The zero-order valence-electron chi connectivity index (χ0n) is 7.78. The number of alkyl halides is 1. The monoisotopic (exact) mass is 268 g/mol. The van der Waals surface area contributed by atoms with Gasteiger partial charge in [-0.2, -0.15) is 0 Å². The van der Waals surface area contributed by atoms with E-state index in [4.69, 9.17) is 0 Å². The fourth-order valence-corrected chi connectivity index (χ4v) is 2.41. The molecule has 0 aliphatic carbocycles. The van der Waals surface area contributed by atoms with Crippen LogP contribution in [0.4, 0.5) is 0 Å². The lowest BCUT2D eigenvalue weighted by Gasteiger charge is -2.20. The highest BCUT2D eigenvalue weighted by molar-refractivity contribution is 14.1. The van der Waals surface area contributed by atoms with Gasteiger partial charge in [-0.3, -0.25) is 4.79 Å². The van der Waals surface area contributed by atoms with Gasteiger partial charge < -0.3 is 0 Å². The van der Waals surface area contributed by atoms with E-state index >= 15 is 0 Å². The Balaban J connectivity index is 4.03. The van der Waals surface area contributed by atoms with Gasteiger partial charge in [-0.25, -0.2) is 0 Å². The van der Waals surface area contributed by atoms with Crippen LogP contribution in [0.25, 0.3) is 0 Å². The van der Waals surface area contributed by atoms with Crippen LogP contribution < -0.4 is 0 Å². The zero-order valence-corrected chi connectivity index (χ0v) is 9.94. The average molecular weight is 268 g/mol. The summed E-state index contributed by atoms with van der Waals surface area (Å²) in [6.07, 6.45) is 2.10. The summed E-state index contributed by atoms with van der Waals surface area (Å²) in [6.45, 7) is 8.06. The van der Waals surface area contributed by atoms with Crippen LogP contribution in [0.15, 0.2) is 0 Å². The van der Waals surface area contributed by atoms with Gasteiger partial charge in [-0.05, 0) is 6.42 Å². The molecule has 0 aromatic carbocycles. The lowest BCUT2D eigenvalue weighted by atomic mass is 9.88. The predicted octanol–water partition coefficient (Wildman–Crippen LogP) is 3.21. The number of ketones is 1. The average Bonchev–Trinajstić information content (AvgIpc) is 1.85. The van der Waals surface area contributed by atoms with Crippen LogP contribution in [0, 0.1) is 5.41 Å². The van der Waals surface area contributed by atoms with Crippen molar-refractivity contribution in [3.8, 4) is 0 Å². The van der Waals surface area contributed by atoms with Gasteiger partial charge in [0.1, 0.15) is 0 Å². The van der Waals surface area contributed by atoms with Crippen LogP contribution in [0.5, 0.6) is 0 Å². The van der Waals surface area contributed by atoms with Crippen LogP contribution in [0.2, 0.25) is 0 Å². The maximum absolute atomic E-state index is 11.5. The first kappa shape index (κ1) is 11.4. The molecule has 0 fully saturated rings. The molecule has 0 heterocycles. The molecule has 66 valence electrons. The molecule has 0 rings (SSSR count). The molecule has 0 saturated carbocycles. The van der Waals surface area contributed by atoms with Gasteiger partial charge in [0, 0.05) is 5.41 Å². The molecular weight excluding hydrogens is 251 g/mol. The molecular formula is C9H17IO. The third-order valence-corrected chi connectivity index (χ3v) is 2.75. The Hall–Kier alpha value is 0.400. The number of hydrogen-bond donors (Lipinski definition) is 0. The third kappa shape index (κ3) is 4.09. The van der Waals surface area contributed by atoms with E-state index < -0.39 is 0 Å². The van der Waals surface area contributed by atoms with Crippen LogP contribution in [0.3, 0.4) is 0 Å². The first-order valence-corrected chi connectivity index (χ1v) is 5.32. The van der Waals surface area contributed by atoms with Crippen LogP contribution in [-0.2, 0) is 4.79 Å². The van der Waals surface area contributed by atoms with Gasteiger partial charge in [0.2, 0.25) is 0 Å². The van der Waals surface area contributed by atoms with E-state index in [0.717, 1.165) is 12.8 Å². The first-order valence-electron chi connectivity index (χ1n) is 4.08. The van der Waals surface area contributed by atoms with E-state index in [1.165, 1.54) is 0 Å². The summed E-state index contributed by atoms with van der Waals surface area (Å²) >= 11 is 2.24. The van der Waals surface area contributed by atoms with E-state index in [1.54, 1.807) is 0 Å². The molecule has 0 bridgehead atoms. The Morgan fingerprint density at radius 2 is 1.91 bits per heavy atom.